The number of anilines is 1. The smallest absolute Gasteiger partial charge is 0.360 e. The molecule has 1 N–H and O–H groups in total. The van der Waals surface area contributed by atoms with Gasteiger partial charge in [0.25, 0.3) is 0 Å². The van der Waals surface area contributed by atoms with Gasteiger partial charge in [0.15, 0.2) is 5.43 Å². The average molecular weight is 348 g/mol. The van der Waals surface area contributed by atoms with E-state index in [4.69, 9.17) is 20.4 Å². The quantitative estimate of drug-likeness (QED) is 0.446. The summed E-state index contributed by atoms with van der Waals surface area (Å²) in [7, 11) is 0. The van der Waals surface area contributed by atoms with Gasteiger partial charge in [0.05, 0.1) is 11.6 Å². The summed E-state index contributed by atoms with van der Waals surface area (Å²) in [4.78, 5) is 36.1. The summed E-state index contributed by atoms with van der Waals surface area (Å²) < 4.78 is 10.8. The fourth-order valence-electron chi connectivity index (χ4n) is 2.65. The molecule has 0 fully saturated rings. The molecule has 0 atom stereocenters. The zero-order valence-electron chi connectivity index (χ0n) is 13.1. The lowest BCUT2D eigenvalue weighted by atomic mass is 10.0. The largest absolute Gasteiger partial charge is 0.464 e. The van der Waals surface area contributed by atoms with Crippen molar-refractivity contribution in [1.29, 1.82) is 0 Å². The van der Waals surface area contributed by atoms with Crippen molar-refractivity contribution >= 4 is 45.1 Å². The average Bonchev–Trinajstić information content (AvgIpc) is 2.54. The van der Waals surface area contributed by atoms with Gasteiger partial charge in [-0.05, 0) is 25.5 Å². The zero-order valence-corrected chi connectivity index (χ0v) is 13.8. The molecule has 24 heavy (non-hydrogen) atoms. The van der Waals surface area contributed by atoms with Crippen molar-refractivity contribution in [2.75, 3.05) is 11.2 Å². The maximum atomic E-state index is 12.2. The van der Waals surface area contributed by atoms with Crippen LogP contribution in [0, 0.1) is 13.8 Å². The van der Waals surface area contributed by atoms with E-state index < -0.39 is 5.63 Å². The second-order valence-electron chi connectivity index (χ2n) is 5.42. The first-order valence-corrected chi connectivity index (χ1v) is 7.82. The van der Waals surface area contributed by atoms with E-state index in [1.165, 1.54) is 12.3 Å². The third kappa shape index (κ3) is 2.59. The predicted molar refractivity (Wildman–Crippen MR) is 92.0 cm³/mol. The monoisotopic (exact) mass is 347 g/mol. The van der Waals surface area contributed by atoms with Crippen LogP contribution in [0.15, 0.2) is 36.8 Å². The first kappa shape index (κ1) is 16.3. The van der Waals surface area contributed by atoms with Crippen molar-refractivity contribution in [3.05, 3.63) is 50.2 Å². The molecule has 7 heteroatoms. The van der Waals surface area contributed by atoms with Crippen LogP contribution >= 0.6 is 11.6 Å². The highest BCUT2D eigenvalue weighted by atomic mass is 35.5. The molecule has 1 amide bonds. The molecule has 2 aromatic heterocycles. The minimum absolute atomic E-state index is 0.0525. The number of hydrogen-bond acceptors (Lipinski definition) is 5. The van der Waals surface area contributed by atoms with E-state index in [0.717, 1.165) is 0 Å². The number of aryl methyl sites for hydroxylation is 2. The Morgan fingerprint density at radius 1 is 1.17 bits per heavy atom. The van der Waals surface area contributed by atoms with Gasteiger partial charge >= 0.3 is 5.63 Å². The highest BCUT2D eigenvalue weighted by Crippen LogP contribution is 2.29. The number of alkyl halides is 1. The van der Waals surface area contributed by atoms with Gasteiger partial charge in [-0.2, -0.15) is 0 Å². The van der Waals surface area contributed by atoms with Gasteiger partial charge in [0, 0.05) is 29.3 Å². The molecule has 0 unspecified atom stereocenters. The molecule has 0 saturated carbocycles. The molecule has 2 heterocycles. The van der Waals surface area contributed by atoms with Crippen LogP contribution in [-0.4, -0.2) is 11.8 Å². The predicted octanol–water partition coefficient (Wildman–Crippen LogP) is 3.08. The topological polar surface area (TPSA) is 89.5 Å². The highest BCUT2D eigenvalue weighted by molar-refractivity contribution is 6.19. The van der Waals surface area contributed by atoms with E-state index in [1.807, 2.05) is 0 Å². The van der Waals surface area contributed by atoms with Crippen molar-refractivity contribution in [2.45, 2.75) is 20.3 Å². The van der Waals surface area contributed by atoms with Gasteiger partial charge in [0.1, 0.15) is 16.9 Å². The SMILES string of the molecule is Cc1c(NC(=O)CCCl)c(=O)oc2c(C)c3occc(=O)c3cc12. The van der Waals surface area contributed by atoms with Crippen molar-refractivity contribution in [3.8, 4) is 0 Å². The van der Waals surface area contributed by atoms with Gasteiger partial charge in [-0.25, -0.2) is 4.79 Å². The molecule has 1 aromatic carbocycles. The van der Waals surface area contributed by atoms with E-state index >= 15 is 0 Å². The summed E-state index contributed by atoms with van der Waals surface area (Å²) in [5.41, 5.74) is 0.975. The number of halogens is 1. The van der Waals surface area contributed by atoms with Gasteiger partial charge in [0.2, 0.25) is 5.91 Å². The molecule has 0 bridgehead atoms. The summed E-state index contributed by atoms with van der Waals surface area (Å²) >= 11 is 5.53. The fourth-order valence-corrected chi connectivity index (χ4v) is 2.82. The Morgan fingerprint density at radius 3 is 2.62 bits per heavy atom. The van der Waals surface area contributed by atoms with Crippen molar-refractivity contribution in [1.82, 2.24) is 0 Å². The van der Waals surface area contributed by atoms with Crippen LogP contribution in [-0.2, 0) is 4.79 Å². The van der Waals surface area contributed by atoms with Gasteiger partial charge in [-0.3, -0.25) is 9.59 Å². The minimum Gasteiger partial charge on any atom is -0.464 e. The van der Waals surface area contributed by atoms with Crippen LogP contribution in [0.5, 0.6) is 0 Å². The summed E-state index contributed by atoms with van der Waals surface area (Å²) in [6.45, 7) is 3.40. The van der Waals surface area contributed by atoms with Gasteiger partial charge in [-0.15, -0.1) is 11.6 Å². The molecule has 0 radical (unpaired) electrons. The molecule has 0 aliphatic carbocycles. The van der Waals surface area contributed by atoms with Crippen LogP contribution in [0.1, 0.15) is 17.5 Å². The molecule has 3 aromatic rings. The normalized spacial score (nSPS) is 11.1. The lowest BCUT2D eigenvalue weighted by Crippen LogP contribution is -2.19. The Morgan fingerprint density at radius 2 is 1.92 bits per heavy atom. The molecule has 3 rings (SSSR count). The minimum atomic E-state index is -0.663. The number of hydrogen-bond donors (Lipinski definition) is 1. The summed E-state index contributed by atoms with van der Waals surface area (Å²) in [6, 6.07) is 2.93. The van der Waals surface area contributed by atoms with Crippen molar-refractivity contribution in [3.63, 3.8) is 0 Å². The molecule has 0 spiro atoms. The van der Waals surface area contributed by atoms with Gasteiger partial charge < -0.3 is 14.2 Å². The number of fused-ring (bicyclic) bond motifs is 2. The lowest BCUT2D eigenvalue weighted by molar-refractivity contribution is -0.115. The molecule has 124 valence electrons. The number of benzene rings is 1. The van der Waals surface area contributed by atoms with Crippen LogP contribution in [0.2, 0.25) is 0 Å². The van der Waals surface area contributed by atoms with Crippen LogP contribution in [0.25, 0.3) is 21.9 Å². The fraction of sp³-hybridized carbons (Fsp3) is 0.235. The van der Waals surface area contributed by atoms with Crippen LogP contribution in [0.3, 0.4) is 0 Å². The highest BCUT2D eigenvalue weighted by Gasteiger charge is 2.18. The third-order valence-electron chi connectivity index (χ3n) is 3.89. The molecular formula is C17H14ClNO5. The second-order valence-corrected chi connectivity index (χ2v) is 5.79. The Bertz CT molecular complexity index is 1080. The van der Waals surface area contributed by atoms with E-state index in [2.05, 4.69) is 5.32 Å². The number of amides is 1. The Labute approximate surface area is 141 Å². The Balaban J connectivity index is 2.34. The Kier molecular flexibility index (Phi) is 4.15. The summed E-state index contributed by atoms with van der Waals surface area (Å²) in [5.74, 6) is -0.231. The lowest BCUT2D eigenvalue weighted by Gasteiger charge is -2.11. The number of rotatable bonds is 3. The molecular weight excluding hydrogens is 334 g/mol. The third-order valence-corrected chi connectivity index (χ3v) is 4.08. The maximum absolute atomic E-state index is 12.2. The van der Waals surface area contributed by atoms with Gasteiger partial charge in [-0.1, -0.05) is 0 Å². The van der Waals surface area contributed by atoms with Crippen LogP contribution in [0.4, 0.5) is 5.69 Å². The standard InChI is InChI=1S/C17H14ClNO5/c1-8-10-7-11-12(20)4-6-23-15(11)9(2)16(10)24-17(22)14(8)19-13(21)3-5-18/h4,6-7H,3,5H2,1-2H3,(H,19,21). The first-order valence-electron chi connectivity index (χ1n) is 7.28. The van der Waals surface area contributed by atoms with Crippen molar-refractivity contribution in [2.24, 2.45) is 0 Å². The van der Waals surface area contributed by atoms with Crippen molar-refractivity contribution < 1.29 is 13.6 Å². The molecule has 0 saturated heterocycles. The van der Waals surface area contributed by atoms with E-state index in [-0.39, 0.29) is 29.3 Å². The van der Waals surface area contributed by atoms with E-state index in [9.17, 15) is 14.4 Å². The summed E-state index contributed by atoms with van der Waals surface area (Å²) in [6.07, 6.45) is 1.38. The van der Waals surface area contributed by atoms with E-state index in [0.29, 0.717) is 33.1 Å². The van der Waals surface area contributed by atoms with Crippen LogP contribution < -0.4 is 16.4 Å². The molecule has 6 nitrogen and oxygen atoms in total. The molecule has 0 aliphatic heterocycles. The molecule has 0 aliphatic rings. The first-order chi connectivity index (χ1) is 11.4. The van der Waals surface area contributed by atoms with E-state index in [1.54, 1.807) is 19.9 Å². The Hall–Kier alpha value is -2.60. The zero-order chi connectivity index (χ0) is 17.4. The maximum Gasteiger partial charge on any atom is 0.360 e. The second kappa shape index (κ2) is 6.13. The summed E-state index contributed by atoms with van der Waals surface area (Å²) in [5, 5.41) is 3.48. The number of carbonyl (C=O) groups is 1. The number of carbonyl (C=O) groups excluding carboxylic acids is 1. The number of nitrogens with one attached hydrogen (secondary N) is 1.